The van der Waals surface area contributed by atoms with Gasteiger partial charge in [0.15, 0.2) is 5.82 Å². The van der Waals surface area contributed by atoms with Crippen LogP contribution in [0.25, 0.3) is 11.4 Å². The molecule has 0 bridgehead atoms. The predicted octanol–water partition coefficient (Wildman–Crippen LogP) is 4.08. The zero-order chi connectivity index (χ0) is 13.3. The highest BCUT2D eigenvalue weighted by molar-refractivity contribution is 9.11. The Morgan fingerprint density at radius 3 is 2.00 bits per heavy atom. The maximum atomic E-state index is 12.8. The van der Waals surface area contributed by atoms with Gasteiger partial charge in [0.05, 0.1) is 5.56 Å². The van der Waals surface area contributed by atoms with E-state index in [0.717, 1.165) is 6.07 Å². The van der Waals surface area contributed by atoms with E-state index in [1.165, 1.54) is 18.2 Å². The molecule has 0 aliphatic heterocycles. The average Bonchev–Trinajstić information content (AvgIpc) is 2.26. The second-order valence-corrected chi connectivity index (χ2v) is 4.66. The summed E-state index contributed by atoms with van der Waals surface area (Å²) in [6.07, 6.45) is -4.46. The molecule has 1 aromatic carbocycles. The van der Waals surface area contributed by atoms with Crippen molar-refractivity contribution in [2.75, 3.05) is 0 Å². The second-order valence-electron chi connectivity index (χ2n) is 3.24. The lowest BCUT2D eigenvalue weighted by atomic mass is 10.1. The summed E-state index contributed by atoms with van der Waals surface area (Å²) in [5.41, 5.74) is -0.871. The first-order valence-corrected chi connectivity index (χ1v) is 6.20. The summed E-state index contributed by atoms with van der Waals surface area (Å²) in [6, 6.07) is 5.12. The van der Waals surface area contributed by atoms with Crippen LogP contribution in [0.15, 0.2) is 33.7 Å². The molecule has 18 heavy (non-hydrogen) atoms. The Kier molecular flexibility index (Phi) is 3.67. The highest BCUT2D eigenvalue weighted by atomic mass is 79.9. The maximum Gasteiger partial charge on any atom is 0.417 e. The number of halogens is 5. The highest BCUT2D eigenvalue weighted by Crippen LogP contribution is 2.35. The Morgan fingerprint density at radius 1 is 0.889 bits per heavy atom. The molecule has 94 valence electrons. The fourth-order valence-corrected chi connectivity index (χ4v) is 2.28. The van der Waals surface area contributed by atoms with Crippen LogP contribution in [0.5, 0.6) is 0 Å². The molecule has 0 aliphatic carbocycles. The van der Waals surface area contributed by atoms with Gasteiger partial charge in [0.25, 0.3) is 0 Å². The van der Waals surface area contributed by atoms with Gasteiger partial charge >= 0.3 is 6.18 Å². The molecule has 8 heteroatoms. The Balaban J connectivity index is 2.64. The number of nitrogens with zero attached hydrogens (tertiary/aromatic N) is 3. The van der Waals surface area contributed by atoms with Crippen LogP contribution in [0.3, 0.4) is 0 Å². The zero-order valence-corrected chi connectivity index (χ0v) is 11.7. The summed E-state index contributed by atoms with van der Waals surface area (Å²) >= 11 is 6.02. The Hall–Kier alpha value is -1.02. The van der Waals surface area contributed by atoms with Crippen molar-refractivity contribution < 1.29 is 13.2 Å². The standard InChI is InChI=1S/C10H4Br2F3N3/c11-8-16-7(17-9(12)18-8)5-3-1-2-4-6(5)10(13,14)15/h1-4H. The number of hydrogen-bond acceptors (Lipinski definition) is 3. The van der Waals surface area contributed by atoms with Crippen molar-refractivity contribution in [1.29, 1.82) is 0 Å². The van der Waals surface area contributed by atoms with Crippen molar-refractivity contribution >= 4 is 31.9 Å². The third kappa shape index (κ3) is 2.86. The smallest absolute Gasteiger partial charge is 0.202 e. The topological polar surface area (TPSA) is 38.7 Å². The zero-order valence-electron chi connectivity index (χ0n) is 8.54. The van der Waals surface area contributed by atoms with Crippen LogP contribution < -0.4 is 0 Å². The molecule has 0 saturated carbocycles. The predicted molar refractivity (Wildman–Crippen MR) is 65.7 cm³/mol. The molecule has 0 atom stereocenters. The molecule has 0 radical (unpaired) electrons. The van der Waals surface area contributed by atoms with Gasteiger partial charge in [-0.1, -0.05) is 18.2 Å². The molecule has 0 fully saturated rings. The first-order chi connectivity index (χ1) is 8.38. The Bertz CT molecular complexity index is 567. The second kappa shape index (κ2) is 4.93. The van der Waals surface area contributed by atoms with E-state index in [0.29, 0.717) is 0 Å². The van der Waals surface area contributed by atoms with Gasteiger partial charge in [-0.05, 0) is 37.9 Å². The van der Waals surface area contributed by atoms with Gasteiger partial charge in [0, 0.05) is 5.56 Å². The van der Waals surface area contributed by atoms with Crippen LogP contribution >= 0.6 is 31.9 Å². The van der Waals surface area contributed by atoms with E-state index in [-0.39, 0.29) is 20.9 Å². The van der Waals surface area contributed by atoms with Crippen LogP contribution in [0.4, 0.5) is 13.2 Å². The van der Waals surface area contributed by atoms with Gasteiger partial charge < -0.3 is 0 Å². The van der Waals surface area contributed by atoms with E-state index in [1.54, 1.807) is 0 Å². The Morgan fingerprint density at radius 2 is 1.44 bits per heavy atom. The highest BCUT2D eigenvalue weighted by Gasteiger charge is 2.34. The van der Waals surface area contributed by atoms with E-state index in [9.17, 15) is 13.2 Å². The minimum atomic E-state index is -4.46. The molecule has 0 saturated heterocycles. The lowest BCUT2D eigenvalue weighted by Crippen LogP contribution is -2.08. The molecule has 0 spiro atoms. The quantitative estimate of drug-likeness (QED) is 0.745. The molecule has 2 aromatic rings. The maximum absolute atomic E-state index is 12.8. The third-order valence-corrected chi connectivity index (χ3v) is 2.76. The van der Waals surface area contributed by atoms with E-state index in [2.05, 4.69) is 46.8 Å². The van der Waals surface area contributed by atoms with E-state index < -0.39 is 11.7 Å². The van der Waals surface area contributed by atoms with Crippen LogP contribution in [0.1, 0.15) is 5.56 Å². The summed E-state index contributed by atoms with van der Waals surface area (Å²) < 4.78 is 38.8. The SMILES string of the molecule is FC(F)(F)c1ccccc1-c1nc(Br)nc(Br)n1. The number of hydrogen-bond donors (Lipinski definition) is 0. The van der Waals surface area contributed by atoms with Crippen molar-refractivity contribution in [3.63, 3.8) is 0 Å². The number of aromatic nitrogens is 3. The van der Waals surface area contributed by atoms with Crippen molar-refractivity contribution in [1.82, 2.24) is 15.0 Å². The van der Waals surface area contributed by atoms with E-state index in [1.807, 2.05) is 0 Å². The molecule has 0 unspecified atom stereocenters. The van der Waals surface area contributed by atoms with Gasteiger partial charge in [0.2, 0.25) is 9.47 Å². The number of benzene rings is 1. The normalized spacial score (nSPS) is 11.6. The lowest BCUT2D eigenvalue weighted by Gasteiger charge is -2.11. The van der Waals surface area contributed by atoms with Crippen molar-refractivity contribution in [3.05, 3.63) is 39.3 Å². The van der Waals surface area contributed by atoms with Crippen molar-refractivity contribution in [2.45, 2.75) is 6.18 Å². The van der Waals surface area contributed by atoms with E-state index in [4.69, 9.17) is 0 Å². The average molecular weight is 383 g/mol. The molecule has 0 N–H and O–H groups in total. The fraction of sp³-hybridized carbons (Fsp3) is 0.100. The molecular weight excluding hydrogens is 379 g/mol. The molecule has 3 nitrogen and oxygen atoms in total. The lowest BCUT2D eigenvalue weighted by molar-refractivity contribution is -0.137. The summed E-state index contributed by atoms with van der Waals surface area (Å²) in [4.78, 5) is 11.5. The van der Waals surface area contributed by atoms with Gasteiger partial charge in [-0.15, -0.1) is 0 Å². The van der Waals surface area contributed by atoms with Crippen LogP contribution in [-0.4, -0.2) is 15.0 Å². The van der Waals surface area contributed by atoms with Crippen molar-refractivity contribution in [2.24, 2.45) is 0 Å². The number of rotatable bonds is 1. The van der Waals surface area contributed by atoms with Gasteiger partial charge in [0.1, 0.15) is 0 Å². The first-order valence-electron chi connectivity index (χ1n) is 4.61. The summed E-state index contributed by atoms with van der Waals surface area (Å²) in [7, 11) is 0. The molecule has 2 rings (SSSR count). The minimum Gasteiger partial charge on any atom is -0.202 e. The summed E-state index contributed by atoms with van der Waals surface area (Å²) in [5.74, 6) is -0.0447. The first kappa shape index (κ1) is 13.4. The van der Waals surface area contributed by atoms with Crippen molar-refractivity contribution in [3.8, 4) is 11.4 Å². The number of alkyl halides is 3. The third-order valence-electron chi connectivity index (χ3n) is 2.05. The monoisotopic (exact) mass is 381 g/mol. The summed E-state index contributed by atoms with van der Waals surface area (Å²) in [5, 5.41) is 0. The van der Waals surface area contributed by atoms with Crippen LogP contribution in [-0.2, 0) is 6.18 Å². The fourth-order valence-electron chi connectivity index (χ4n) is 1.37. The van der Waals surface area contributed by atoms with Gasteiger partial charge in [-0.2, -0.15) is 18.2 Å². The largest absolute Gasteiger partial charge is 0.417 e. The van der Waals surface area contributed by atoms with Gasteiger partial charge in [-0.25, -0.2) is 9.97 Å². The van der Waals surface area contributed by atoms with Gasteiger partial charge in [-0.3, -0.25) is 0 Å². The van der Waals surface area contributed by atoms with E-state index >= 15 is 0 Å². The Labute approximate surface area is 117 Å². The molecule has 1 heterocycles. The molecular formula is C10H4Br2F3N3. The van der Waals surface area contributed by atoms with Crippen LogP contribution in [0, 0.1) is 0 Å². The van der Waals surface area contributed by atoms with Crippen LogP contribution in [0.2, 0.25) is 0 Å². The molecule has 0 amide bonds. The summed E-state index contributed by atoms with van der Waals surface area (Å²) in [6.45, 7) is 0. The molecule has 0 aliphatic rings. The minimum absolute atomic E-state index is 0.0447. The molecule has 1 aromatic heterocycles.